The van der Waals surface area contributed by atoms with Crippen LogP contribution in [0.2, 0.25) is 0 Å². The van der Waals surface area contributed by atoms with E-state index >= 15 is 0 Å². The van der Waals surface area contributed by atoms with E-state index in [1.165, 1.54) is 25.0 Å². The molecule has 1 aliphatic rings. The number of phenols is 1. The molecular formula is C17H26O4. The SMILES string of the molecule is CC1CCC(C(C)C)C(O)C1.O=C(O)c1ccccc1O. The van der Waals surface area contributed by atoms with Gasteiger partial charge in [0.15, 0.2) is 0 Å². The van der Waals surface area contributed by atoms with Crippen molar-refractivity contribution in [1.82, 2.24) is 0 Å². The zero-order valence-corrected chi connectivity index (χ0v) is 13.0. The Morgan fingerprint density at radius 1 is 1.24 bits per heavy atom. The maximum Gasteiger partial charge on any atom is 0.339 e. The fourth-order valence-electron chi connectivity index (χ4n) is 2.81. The molecule has 0 amide bonds. The first-order valence-electron chi connectivity index (χ1n) is 7.52. The van der Waals surface area contributed by atoms with Gasteiger partial charge < -0.3 is 15.3 Å². The van der Waals surface area contributed by atoms with Gasteiger partial charge in [-0.05, 0) is 42.7 Å². The van der Waals surface area contributed by atoms with Crippen molar-refractivity contribution in [1.29, 1.82) is 0 Å². The van der Waals surface area contributed by atoms with Crippen LogP contribution in [0.4, 0.5) is 0 Å². The van der Waals surface area contributed by atoms with Crippen molar-refractivity contribution in [2.75, 3.05) is 0 Å². The molecule has 21 heavy (non-hydrogen) atoms. The molecule has 4 heteroatoms. The van der Waals surface area contributed by atoms with Gasteiger partial charge in [0, 0.05) is 0 Å². The van der Waals surface area contributed by atoms with Gasteiger partial charge in [0.2, 0.25) is 0 Å². The number of carboxylic acids is 1. The van der Waals surface area contributed by atoms with E-state index in [4.69, 9.17) is 10.2 Å². The Morgan fingerprint density at radius 3 is 2.29 bits per heavy atom. The normalized spacial score (nSPS) is 25.1. The number of aromatic hydroxyl groups is 1. The third-order valence-corrected chi connectivity index (χ3v) is 4.12. The van der Waals surface area contributed by atoms with Crippen molar-refractivity contribution in [3.8, 4) is 5.75 Å². The number of hydrogen-bond donors (Lipinski definition) is 3. The Balaban J connectivity index is 0.000000211. The molecule has 4 nitrogen and oxygen atoms in total. The summed E-state index contributed by atoms with van der Waals surface area (Å²) in [6, 6.07) is 5.81. The Kier molecular flexibility index (Phi) is 6.69. The molecule has 3 N–H and O–H groups in total. The second-order valence-electron chi connectivity index (χ2n) is 6.22. The Labute approximate surface area is 126 Å². The van der Waals surface area contributed by atoms with Gasteiger partial charge in [-0.25, -0.2) is 4.79 Å². The summed E-state index contributed by atoms with van der Waals surface area (Å²) < 4.78 is 0. The van der Waals surface area contributed by atoms with Gasteiger partial charge in [0.05, 0.1) is 6.10 Å². The second-order valence-corrected chi connectivity index (χ2v) is 6.22. The summed E-state index contributed by atoms with van der Waals surface area (Å²) in [5.41, 5.74) is -0.0671. The molecule has 3 unspecified atom stereocenters. The maximum absolute atomic E-state index is 10.3. The van der Waals surface area contributed by atoms with Crippen LogP contribution in [0, 0.1) is 17.8 Å². The highest BCUT2D eigenvalue weighted by Crippen LogP contribution is 2.33. The van der Waals surface area contributed by atoms with Crippen molar-refractivity contribution < 1.29 is 20.1 Å². The zero-order valence-electron chi connectivity index (χ0n) is 13.0. The van der Waals surface area contributed by atoms with E-state index in [1.807, 2.05) is 0 Å². The monoisotopic (exact) mass is 294 g/mol. The van der Waals surface area contributed by atoms with Crippen LogP contribution in [0.15, 0.2) is 24.3 Å². The third kappa shape index (κ3) is 5.38. The molecule has 0 saturated heterocycles. The summed E-state index contributed by atoms with van der Waals surface area (Å²) in [5.74, 6) is 0.636. The lowest BCUT2D eigenvalue weighted by Crippen LogP contribution is -2.31. The smallest absolute Gasteiger partial charge is 0.339 e. The average Bonchev–Trinajstić information content (AvgIpc) is 2.39. The molecule has 118 valence electrons. The number of para-hydroxylation sites is 1. The molecule has 1 aromatic rings. The molecule has 0 radical (unpaired) electrons. The van der Waals surface area contributed by atoms with Gasteiger partial charge in [-0.3, -0.25) is 0 Å². The van der Waals surface area contributed by atoms with Crippen molar-refractivity contribution >= 4 is 5.97 Å². The third-order valence-electron chi connectivity index (χ3n) is 4.12. The van der Waals surface area contributed by atoms with Crippen LogP contribution in [-0.4, -0.2) is 27.4 Å². The van der Waals surface area contributed by atoms with Crippen molar-refractivity contribution in [2.24, 2.45) is 17.8 Å². The molecule has 0 aromatic heterocycles. The lowest BCUT2D eigenvalue weighted by Gasteiger charge is -2.33. The molecule has 1 saturated carbocycles. The van der Waals surface area contributed by atoms with Crippen LogP contribution in [-0.2, 0) is 0 Å². The number of benzene rings is 1. The van der Waals surface area contributed by atoms with Crippen molar-refractivity contribution in [3.63, 3.8) is 0 Å². The van der Waals surface area contributed by atoms with E-state index in [0.717, 1.165) is 12.3 Å². The number of aliphatic hydroxyl groups excluding tert-OH is 1. The van der Waals surface area contributed by atoms with Crippen molar-refractivity contribution in [2.45, 2.75) is 46.1 Å². The maximum atomic E-state index is 10.3. The predicted octanol–water partition coefficient (Wildman–Crippen LogP) is 3.53. The summed E-state index contributed by atoms with van der Waals surface area (Å²) in [7, 11) is 0. The molecule has 0 bridgehead atoms. The lowest BCUT2D eigenvalue weighted by molar-refractivity contribution is 0.0266. The summed E-state index contributed by atoms with van der Waals surface area (Å²) >= 11 is 0. The molecule has 0 aliphatic heterocycles. The predicted molar refractivity (Wildman–Crippen MR) is 82.4 cm³/mol. The molecular weight excluding hydrogens is 268 g/mol. The number of rotatable bonds is 2. The Hall–Kier alpha value is -1.55. The van der Waals surface area contributed by atoms with Crippen LogP contribution in [0.3, 0.4) is 0 Å². The molecule has 1 fully saturated rings. The number of aromatic carboxylic acids is 1. The minimum absolute atomic E-state index is 0.0289. The molecule has 0 heterocycles. The lowest BCUT2D eigenvalue weighted by atomic mass is 9.75. The summed E-state index contributed by atoms with van der Waals surface area (Å²) in [5, 5.41) is 27.0. The van der Waals surface area contributed by atoms with Crippen molar-refractivity contribution in [3.05, 3.63) is 29.8 Å². The average molecular weight is 294 g/mol. The summed E-state index contributed by atoms with van der Waals surface area (Å²) in [6.45, 7) is 6.66. The molecule has 1 aliphatic carbocycles. The number of hydrogen-bond acceptors (Lipinski definition) is 3. The topological polar surface area (TPSA) is 77.8 Å². The van der Waals surface area contributed by atoms with Gasteiger partial charge in [0.25, 0.3) is 0 Å². The Bertz CT molecular complexity index is 456. The molecule has 1 aromatic carbocycles. The van der Waals surface area contributed by atoms with E-state index in [0.29, 0.717) is 11.8 Å². The minimum Gasteiger partial charge on any atom is -0.507 e. The number of aliphatic hydroxyl groups is 1. The van der Waals surface area contributed by atoms with E-state index in [9.17, 15) is 9.90 Å². The van der Waals surface area contributed by atoms with E-state index in [1.54, 1.807) is 12.1 Å². The van der Waals surface area contributed by atoms with Gasteiger partial charge >= 0.3 is 5.97 Å². The number of carbonyl (C=O) groups is 1. The van der Waals surface area contributed by atoms with Crippen LogP contribution >= 0.6 is 0 Å². The molecule has 0 spiro atoms. The quantitative estimate of drug-likeness (QED) is 0.779. The molecule has 3 atom stereocenters. The first-order valence-corrected chi connectivity index (χ1v) is 7.52. The fraction of sp³-hybridized carbons (Fsp3) is 0.588. The minimum atomic E-state index is -1.11. The van der Waals surface area contributed by atoms with Gasteiger partial charge in [-0.15, -0.1) is 0 Å². The van der Waals surface area contributed by atoms with Gasteiger partial charge in [-0.2, -0.15) is 0 Å². The molecule has 2 rings (SSSR count). The zero-order chi connectivity index (χ0) is 16.0. The highest BCUT2D eigenvalue weighted by Gasteiger charge is 2.28. The second kappa shape index (κ2) is 8.03. The first-order chi connectivity index (χ1) is 9.82. The van der Waals surface area contributed by atoms with E-state index in [2.05, 4.69) is 20.8 Å². The van der Waals surface area contributed by atoms with Crippen LogP contribution in [0.5, 0.6) is 5.75 Å². The number of carboxylic acid groups (broad SMARTS) is 1. The van der Waals surface area contributed by atoms with Crippen LogP contribution in [0.25, 0.3) is 0 Å². The largest absolute Gasteiger partial charge is 0.507 e. The van der Waals surface area contributed by atoms with Crippen LogP contribution < -0.4 is 0 Å². The van der Waals surface area contributed by atoms with Gasteiger partial charge in [0.1, 0.15) is 11.3 Å². The Morgan fingerprint density at radius 2 is 1.86 bits per heavy atom. The van der Waals surface area contributed by atoms with Crippen LogP contribution in [0.1, 0.15) is 50.4 Å². The standard InChI is InChI=1S/C10H20O.C7H6O3/c1-7(2)9-5-4-8(3)6-10(9)11;8-6-4-2-1-3-5(6)7(9)10/h7-11H,4-6H2,1-3H3;1-4,8H,(H,9,10). The first kappa shape index (κ1) is 17.5. The highest BCUT2D eigenvalue weighted by atomic mass is 16.4. The van der Waals surface area contributed by atoms with Gasteiger partial charge in [-0.1, -0.05) is 39.3 Å². The van der Waals surface area contributed by atoms with E-state index < -0.39 is 5.97 Å². The fourth-order valence-corrected chi connectivity index (χ4v) is 2.81. The summed E-state index contributed by atoms with van der Waals surface area (Å²) in [4.78, 5) is 10.3. The highest BCUT2D eigenvalue weighted by molar-refractivity contribution is 5.90. The van der Waals surface area contributed by atoms with E-state index in [-0.39, 0.29) is 17.4 Å². The summed E-state index contributed by atoms with van der Waals surface area (Å²) in [6.07, 6.45) is 3.52.